The highest BCUT2D eigenvalue weighted by molar-refractivity contribution is 5.98. The monoisotopic (exact) mass is 491 g/mol. The molecule has 2 bridgehead atoms. The first-order valence-corrected chi connectivity index (χ1v) is 13.1. The number of hydrogen-bond acceptors (Lipinski definition) is 5. The van der Waals surface area contributed by atoms with Gasteiger partial charge in [0.1, 0.15) is 18.4 Å². The SMILES string of the molecule is Cc1cc(C(=O)C2CC3CCCC(C2)N3C(=O)OCC2c3ccccc3-c3ccccc32)cnc1C#N. The molecule has 2 aromatic carbocycles. The molecule has 6 nitrogen and oxygen atoms in total. The van der Waals surface area contributed by atoms with Crippen LogP contribution in [0.15, 0.2) is 60.8 Å². The van der Waals surface area contributed by atoms with Crippen molar-refractivity contribution in [3.8, 4) is 17.2 Å². The first-order valence-electron chi connectivity index (χ1n) is 13.1. The van der Waals surface area contributed by atoms with Crippen LogP contribution in [-0.2, 0) is 4.74 Å². The first-order chi connectivity index (χ1) is 18.0. The number of hydrogen-bond donors (Lipinski definition) is 0. The van der Waals surface area contributed by atoms with Crippen LogP contribution in [0, 0.1) is 24.2 Å². The molecule has 3 aliphatic rings. The van der Waals surface area contributed by atoms with Crippen molar-refractivity contribution in [1.29, 1.82) is 5.26 Å². The number of nitrogens with zero attached hydrogens (tertiary/aromatic N) is 3. The molecule has 0 spiro atoms. The number of fused-ring (bicyclic) bond motifs is 5. The van der Waals surface area contributed by atoms with Gasteiger partial charge in [-0.3, -0.25) is 4.79 Å². The molecule has 2 aliphatic heterocycles. The van der Waals surface area contributed by atoms with Crippen molar-refractivity contribution in [3.05, 3.63) is 88.7 Å². The number of ether oxygens (including phenoxy) is 1. The minimum absolute atomic E-state index is 0.00420. The van der Waals surface area contributed by atoms with Gasteiger partial charge in [0.2, 0.25) is 0 Å². The fourth-order valence-corrected chi connectivity index (χ4v) is 6.62. The lowest BCUT2D eigenvalue weighted by molar-refractivity contribution is 0.00650. The molecule has 0 saturated carbocycles. The van der Waals surface area contributed by atoms with Crippen molar-refractivity contribution in [2.75, 3.05) is 6.61 Å². The van der Waals surface area contributed by atoms with Crippen LogP contribution in [0.5, 0.6) is 0 Å². The van der Waals surface area contributed by atoms with Gasteiger partial charge in [0, 0.05) is 35.7 Å². The highest BCUT2D eigenvalue weighted by Crippen LogP contribution is 2.45. The number of carbonyl (C=O) groups excluding carboxylic acids is 2. The van der Waals surface area contributed by atoms with Crippen molar-refractivity contribution >= 4 is 11.9 Å². The van der Waals surface area contributed by atoms with Gasteiger partial charge in [-0.25, -0.2) is 9.78 Å². The lowest BCUT2D eigenvalue weighted by Crippen LogP contribution is -2.55. The summed E-state index contributed by atoms with van der Waals surface area (Å²) in [7, 11) is 0. The average Bonchev–Trinajstić information content (AvgIpc) is 3.24. The Bertz CT molecular complexity index is 1370. The molecule has 1 aliphatic carbocycles. The van der Waals surface area contributed by atoms with Crippen LogP contribution in [-0.4, -0.2) is 40.5 Å². The molecule has 6 rings (SSSR count). The summed E-state index contributed by atoms with van der Waals surface area (Å²) in [5, 5.41) is 9.15. The fraction of sp³-hybridized carbons (Fsp3) is 0.355. The molecular weight excluding hydrogens is 462 g/mol. The topological polar surface area (TPSA) is 83.3 Å². The molecule has 0 radical (unpaired) electrons. The molecule has 1 aromatic heterocycles. The molecule has 0 N–H and O–H groups in total. The number of pyridine rings is 1. The summed E-state index contributed by atoms with van der Waals surface area (Å²) >= 11 is 0. The van der Waals surface area contributed by atoms with E-state index in [0.29, 0.717) is 36.3 Å². The molecule has 1 amide bonds. The van der Waals surface area contributed by atoms with E-state index < -0.39 is 0 Å². The summed E-state index contributed by atoms with van der Waals surface area (Å²) in [4.78, 5) is 32.8. The quantitative estimate of drug-likeness (QED) is 0.416. The van der Waals surface area contributed by atoms with Crippen molar-refractivity contribution < 1.29 is 14.3 Å². The Morgan fingerprint density at radius 3 is 2.24 bits per heavy atom. The Kier molecular flexibility index (Phi) is 6.00. The van der Waals surface area contributed by atoms with Crippen LogP contribution in [0.1, 0.15) is 70.8 Å². The van der Waals surface area contributed by atoms with Crippen LogP contribution in [0.25, 0.3) is 11.1 Å². The van der Waals surface area contributed by atoms with E-state index in [-0.39, 0.29) is 35.8 Å². The lowest BCUT2D eigenvalue weighted by atomic mass is 9.76. The largest absolute Gasteiger partial charge is 0.448 e. The van der Waals surface area contributed by atoms with Crippen LogP contribution in [0.3, 0.4) is 0 Å². The number of carbonyl (C=O) groups is 2. The predicted molar refractivity (Wildman–Crippen MR) is 139 cm³/mol. The number of ketones is 1. The number of rotatable bonds is 4. The molecule has 3 aromatic rings. The second-order valence-electron chi connectivity index (χ2n) is 10.5. The summed E-state index contributed by atoms with van der Waals surface area (Å²) < 4.78 is 6.00. The minimum Gasteiger partial charge on any atom is -0.448 e. The molecule has 2 fully saturated rings. The van der Waals surface area contributed by atoms with E-state index in [4.69, 9.17) is 10.00 Å². The summed E-state index contributed by atoms with van der Waals surface area (Å²) in [6.45, 7) is 2.11. The smallest absolute Gasteiger partial charge is 0.410 e. The van der Waals surface area contributed by atoms with Gasteiger partial charge in [-0.15, -0.1) is 0 Å². The zero-order valence-corrected chi connectivity index (χ0v) is 20.9. The van der Waals surface area contributed by atoms with Gasteiger partial charge in [0.15, 0.2) is 5.78 Å². The predicted octanol–water partition coefficient (Wildman–Crippen LogP) is 6.03. The maximum absolute atomic E-state index is 13.4. The van der Waals surface area contributed by atoms with Crippen LogP contribution in [0.4, 0.5) is 4.79 Å². The van der Waals surface area contributed by atoms with E-state index in [9.17, 15) is 9.59 Å². The van der Waals surface area contributed by atoms with Crippen molar-refractivity contribution in [2.45, 2.75) is 57.0 Å². The summed E-state index contributed by atoms with van der Waals surface area (Å²) in [5.74, 6) is -0.0614. The summed E-state index contributed by atoms with van der Waals surface area (Å²) in [5.41, 5.74) is 6.43. The van der Waals surface area contributed by atoms with Crippen LogP contribution >= 0.6 is 0 Å². The van der Waals surface area contributed by atoms with Crippen LogP contribution < -0.4 is 0 Å². The van der Waals surface area contributed by atoms with E-state index in [1.807, 2.05) is 29.2 Å². The van der Waals surface area contributed by atoms with Gasteiger partial charge in [0.25, 0.3) is 0 Å². The maximum atomic E-state index is 13.4. The van der Waals surface area contributed by atoms with Gasteiger partial charge in [0.05, 0.1) is 0 Å². The average molecular weight is 492 g/mol. The van der Waals surface area contributed by atoms with E-state index in [1.165, 1.54) is 28.5 Å². The zero-order valence-electron chi connectivity index (χ0n) is 20.9. The Morgan fingerprint density at radius 1 is 1.03 bits per heavy atom. The molecule has 3 heterocycles. The van der Waals surface area contributed by atoms with E-state index in [1.54, 1.807) is 13.0 Å². The lowest BCUT2D eigenvalue weighted by Gasteiger charge is -2.47. The number of Topliss-reactive ketones (excluding diaryl/α,β-unsaturated/α-hetero) is 1. The van der Waals surface area contributed by atoms with Gasteiger partial charge in [-0.1, -0.05) is 48.5 Å². The number of piperidine rings is 2. The Labute approximate surface area is 216 Å². The number of aryl methyl sites for hydroxylation is 1. The molecule has 2 atom stereocenters. The molecule has 6 heteroatoms. The molecular formula is C31H29N3O3. The highest BCUT2D eigenvalue weighted by Gasteiger charge is 2.44. The third-order valence-electron chi connectivity index (χ3n) is 8.36. The number of nitriles is 1. The normalized spacial score (nSPS) is 22.1. The highest BCUT2D eigenvalue weighted by atomic mass is 16.6. The minimum atomic E-state index is -0.265. The third-order valence-corrected chi connectivity index (χ3v) is 8.36. The van der Waals surface area contributed by atoms with Gasteiger partial charge in [-0.2, -0.15) is 5.26 Å². The van der Waals surface area contributed by atoms with Gasteiger partial charge >= 0.3 is 6.09 Å². The fourth-order valence-electron chi connectivity index (χ4n) is 6.62. The van der Waals surface area contributed by atoms with Crippen LogP contribution in [0.2, 0.25) is 0 Å². The van der Waals surface area contributed by atoms with Crippen molar-refractivity contribution in [3.63, 3.8) is 0 Å². The first kappa shape index (κ1) is 23.4. The van der Waals surface area contributed by atoms with Gasteiger partial charge < -0.3 is 9.64 Å². The number of amides is 1. The van der Waals surface area contributed by atoms with E-state index in [2.05, 4.69) is 35.3 Å². The van der Waals surface area contributed by atoms with E-state index >= 15 is 0 Å². The maximum Gasteiger partial charge on any atom is 0.410 e. The van der Waals surface area contributed by atoms with Gasteiger partial charge in [-0.05, 0) is 72.9 Å². The zero-order chi connectivity index (χ0) is 25.5. The van der Waals surface area contributed by atoms with Crippen molar-refractivity contribution in [2.24, 2.45) is 5.92 Å². The Balaban J connectivity index is 1.16. The van der Waals surface area contributed by atoms with Crippen molar-refractivity contribution in [1.82, 2.24) is 9.88 Å². The standard InChI is InChI=1S/C31H29N3O3/c1-19-13-21(17-33-29(19)16-32)30(35)20-14-22-7-6-8-23(15-20)34(22)31(36)37-18-28-26-11-4-2-9-24(26)25-10-3-5-12-27(25)28/h2-5,9-13,17,20,22-23,28H,6-8,14-15,18H2,1H3. The Hall–Kier alpha value is -3.98. The summed E-state index contributed by atoms with van der Waals surface area (Å²) in [6.07, 6.45) is 5.35. The molecule has 2 saturated heterocycles. The Morgan fingerprint density at radius 2 is 1.65 bits per heavy atom. The van der Waals surface area contributed by atoms with E-state index in [0.717, 1.165) is 19.3 Å². The number of aromatic nitrogens is 1. The molecule has 37 heavy (non-hydrogen) atoms. The molecule has 2 unspecified atom stereocenters. The number of benzene rings is 2. The third kappa shape index (κ3) is 4.09. The second kappa shape index (κ2) is 9.48. The summed E-state index contributed by atoms with van der Waals surface area (Å²) in [6, 6.07) is 20.5. The second-order valence-corrected chi connectivity index (χ2v) is 10.5. The molecule has 186 valence electrons.